The average molecular weight is 302 g/mol. The quantitative estimate of drug-likeness (QED) is 0.906. The predicted molar refractivity (Wildman–Crippen MR) is 91.9 cm³/mol. The van der Waals surface area contributed by atoms with Crippen LogP contribution in [-0.2, 0) is 10.2 Å². The number of piperidine rings is 1. The van der Waals surface area contributed by atoms with Crippen LogP contribution in [0.2, 0.25) is 0 Å². The molecular formula is C19H30N2O. The molecule has 1 amide bonds. The number of nitrogens with one attached hydrogen (secondary N) is 1. The van der Waals surface area contributed by atoms with Crippen LogP contribution in [0.3, 0.4) is 0 Å². The van der Waals surface area contributed by atoms with E-state index >= 15 is 0 Å². The third-order valence-corrected chi connectivity index (χ3v) is 4.76. The Morgan fingerprint density at radius 2 is 2.05 bits per heavy atom. The van der Waals surface area contributed by atoms with Gasteiger partial charge in [-0.15, -0.1) is 0 Å². The summed E-state index contributed by atoms with van der Waals surface area (Å²) in [7, 11) is 2.10. The Kier molecular flexibility index (Phi) is 5.63. The summed E-state index contributed by atoms with van der Waals surface area (Å²) < 4.78 is 0. The number of likely N-dealkylation sites (tertiary alicyclic amines) is 1. The van der Waals surface area contributed by atoms with Crippen molar-refractivity contribution in [3.05, 3.63) is 35.9 Å². The van der Waals surface area contributed by atoms with Gasteiger partial charge in [0.2, 0.25) is 5.91 Å². The third kappa shape index (κ3) is 4.57. The van der Waals surface area contributed by atoms with Gasteiger partial charge in [0.15, 0.2) is 0 Å². The number of hydrogen-bond donors (Lipinski definition) is 1. The van der Waals surface area contributed by atoms with E-state index in [-0.39, 0.29) is 23.3 Å². The van der Waals surface area contributed by atoms with E-state index in [0.717, 1.165) is 32.4 Å². The molecule has 0 aliphatic carbocycles. The molecule has 1 aliphatic rings. The largest absolute Gasteiger partial charge is 0.353 e. The van der Waals surface area contributed by atoms with E-state index in [0.29, 0.717) is 0 Å². The van der Waals surface area contributed by atoms with Crippen molar-refractivity contribution in [2.45, 2.75) is 51.5 Å². The summed E-state index contributed by atoms with van der Waals surface area (Å²) >= 11 is 0. The van der Waals surface area contributed by atoms with E-state index in [1.807, 2.05) is 6.07 Å². The fourth-order valence-corrected chi connectivity index (χ4v) is 3.56. The van der Waals surface area contributed by atoms with E-state index < -0.39 is 0 Å². The second kappa shape index (κ2) is 7.28. The zero-order valence-electron chi connectivity index (χ0n) is 14.4. The maximum atomic E-state index is 12.4. The molecule has 1 aromatic rings. The Balaban J connectivity index is 1.89. The summed E-state index contributed by atoms with van der Waals surface area (Å²) in [5, 5.41) is 3.23. The normalized spacial score (nSPS) is 21.4. The summed E-state index contributed by atoms with van der Waals surface area (Å²) in [6.07, 6.45) is 3.09. The maximum absolute atomic E-state index is 12.4. The Hall–Kier alpha value is -1.35. The molecule has 0 unspecified atom stereocenters. The van der Waals surface area contributed by atoms with Crippen LogP contribution in [0.1, 0.15) is 45.6 Å². The van der Waals surface area contributed by atoms with E-state index in [1.165, 1.54) is 5.56 Å². The highest BCUT2D eigenvalue weighted by atomic mass is 16.2. The van der Waals surface area contributed by atoms with Gasteiger partial charge < -0.3 is 10.2 Å². The van der Waals surface area contributed by atoms with Crippen molar-refractivity contribution in [3.8, 4) is 0 Å². The van der Waals surface area contributed by atoms with Gasteiger partial charge in [-0.2, -0.15) is 0 Å². The third-order valence-electron chi connectivity index (χ3n) is 4.76. The van der Waals surface area contributed by atoms with Crippen molar-refractivity contribution in [2.75, 3.05) is 20.1 Å². The molecule has 0 aromatic heterocycles. The van der Waals surface area contributed by atoms with Crippen LogP contribution in [-0.4, -0.2) is 37.0 Å². The van der Waals surface area contributed by atoms with E-state index in [9.17, 15) is 4.79 Å². The lowest BCUT2D eigenvalue weighted by atomic mass is 9.79. The molecule has 122 valence electrons. The summed E-state index contributed by atoms with van der Waals surface area (Å²) in [4.78, 5) is 14.7. The van der Waals surface area contributed by atoms with E-state index in [1.54, 1.807) is 0 Å². The molecule has 1 fully saturated rings. The SMILES string of the molecule is C[C@H](CC(C)(C)c1ccccc1)NC(=O)[C@@H]1CCCN(C)C1. The van der Waals surface area contributed by atoms with E-state index in [2.05, 4.69) is 62.3 Å². The van der Waals surface area contributed by atoms with Crippen molar-refractivity contribution < 1.29 is 4.79 Å². The molecule has 1 saturated heterocycles. The minimum Gasteiger partial charge on any atom is -0.353 e. The standard InChI is InChI=1S/C19H30N2O/c1-15(13-19(2,3)17-10-6-5-7-11-17)20-18(22)16-9-8-12-21(4)14-16/h5-7,10-11,15-16H,8-9,12-14H2,1-4H3,(H,20,22)/t15-,16-/m1/s1. The van der Waals surface area contributed by atoms with Gasteiger partial charge in [0.1, 0.15) is 0 Å². The van der Waals surface area contributed by atoms with Crippen molar-refractivity contribution in [3.63, 3.8) is 0 Å². The van der Waals surface area contributed by atoms with Gasteiger partial charge in [-0.1, -0.05) is 44.2 Å². The number of carbonyl (C=O) groups excluding carboxylic acids is 1. The van der Waals surface area contributed by atoms with Crippen LogP contribution in [0.4, 0.5) is 0 Å². The lowest BCUT2D eigenvalue weighted by Crippen LogP contribution is -2.45. The summed E-state index contributed by atoms with van der Waals surface area (Å²) in [5.74, 6) is 0.379. The molecule has 3 heteroatoms. The average Bonchev–Trinajstić information content (AvgIpc) is 2.47. The van der Waals surface area contributed by atoms with Crippen LogP contribution < -0.4 is 5.32 Å². The van der Waals surface area contributed by atoms with Crippen LogP contribution >= 0.6 is 0 Å². The minimum atomic E-state index is 0.0668. The molecule has 0 saturated carbocycles. The van der Waals surface area contributed by atoms with Crippen LogP contribution in [0.15, 0.2) is 30.3 Å². The maximum Gasteiger partial charge on any atom is 0.224 e. The number of rotatable bonds is 5. The lowest BCUT2D eigenvalue weighted by Gasteiger charge is -2.32. The molecule has 22 heavy (non-hydrogen) atoms. The molecule has 0 bridgehead atoms. The van der Waals surface area contributed by atoms with Crippen molar-refractivity contribution in [1.82, 2.24) is 10.2 Å². The Morgan fingerprint density at radius 3 is 2.68 bits per heavy atom. The van der Waals surface area contributed by atoms with E-state index in [4.69, 9.17) is 0 Å². The van der Waals surface area contributed by atoms with Gasteiger partial charge in [0.05, 0.1) is 5.92 Å². The number of nitrogens with zero attached hydrogens (tertiary/aromatic N) is 1. The molecule has 0 radical (unpaired) electrons. The highest BCUT2D eigenvalue weighted by Gasteiger charge is 2.27. The molecular weight excluding hydrogens is 272 g/mol. The van der Waals surface area contributed by atoms with Crippen molar-refractivity contribution in [1.29, 1.82) is 0 Å². The zero-order valence-corrected chi connectivity index (χ0v) is 14.4. The predicted octanol–water partition coefficient (Wildman–Crippen LogP) is 3.20. The first kappa shape index (κ1) is 17.0. The molecule has 1 heterocycles. The summed E-state index contributed by atoms with van der Waals surface area (Å²) in [6.45, 7) is 8.62. The molecule has 0 spiro atoms. The first-order valence-electron chi connectivity index (χ1n) is 8.43. The molecule has 2 rings (SSSR count). The first-order chi connectivity index (χ1) is 10.4. The van der Waals surface area contributed by atoms with Crippen LogP contribution in [0.25, 0.3) is 0 Å². The molecule has 1 N–H and O–H groups in total. The summed E-state index contributed by atoms with van der Waals surface area (Å²) in [6, 6.07) is 10.7. The Bertz CT molecular complexity index is 483. The fraction of sp³-hybridized carbons (Fsp3) is 0.632. The monoisotopic (exact) mass is 302 g/mol. The minimum absolute atomic E-state index is 0.0668. The smallest absolute Gasteiger partial charge is 0.224 e. The highest BCUT2D eigenvalue weighted by Crippen LogP contribution is 2.28. The summed E-state index contributed by atoms with van der Waals surface area (Å²) in [5.41, 5.74) is 1.39. The molecule has 1 aromatic carbocycles. The van der Waals surface area contributed by atoms with Gasteiger partial charge in [0, 0.05) is 12.6 Å². The molecule has 2 atom stereocenters. The number of benzene rings is 1. The van der Waals surface area contributed by atoms with Crippen LogP contribution in [0.5, 0.6) is 0 Å². The molecule has 3 nitrogen and oxygen atoms in total. The van der Waals surface area contributed by atoms with Crippen molar-refractivity contribution in [2.24, 2.45) is 5.92 Å². The Morgan fingerprint density at radius 1 is 1.36 bits per heavy atom. The topological polar surface area (TPSA) is 32.3 Å². The van der Waals surface area contributed by atoms with Gasteiger partial charge in [0.25, 0.3) is 0 Å². The number of amides is 1. The lowest BCUT2D eigenvalue weighted by molar-refractivity contribution is -0.127. The van der Waals surface area contributed by atoms with Crippen molar-refractivity contribution >= 4 is 5.91 Å². The second-order valence-electron chi connectivity index (χ2n) is 7.47. The fourth-order valence-electron chi connectivity index (χ4n) is 3.56. The zero-order chi connectivity index (χ0) is 16.2. The second-order valence-corrected chi connectivity index (χ2v) is 7.47. The number of hydrogen-bond acceptors (Lipinski definition) is 2. The van der Waals surface area contributed by atoms with Crippen LogP contribution in [0, 0.1) is 5.92 Å². The van der Waals surface area contributed by atoms with Gasteiger partial charge in [-0.05, 0) is 50.8 Å². The highest BCUT2D eigenvalue weighted by molar-refractivity contribution is 5.79. The number of carbonyl (C=O) groups is 1. The molecule has 1 aliphatic heterocycles. The first-order valence-corrected chi connectivity index (χ1v) is 8.43. The van der Waals surface area contributed by atoms with Gasteiger partial charge >= 0.3 is 0 Å². The van der Waals surface area contributed by atoms with Gasteiger partial charge in [-0.3, -0.25) is 4.79 Å². The van der Waals surface area contributed by atoms with Gasteiger partial charge in [-0.25, -0.2) is 0 Å². The Labute approximate surface area is 135 Å².